The summed E-state index contributed by atoms with van der Waals surface area (Å²) in [6.45, 7) is 4.80. The first-order chi connectivity index (χ1) is 14.7. The highest BCUT2D eigenvalue weighted by Gasteiger charge is 2.26. The zero-order chi connectivity index (χ0) is 20.9. The normalized spacial score (nSPS) is 14.1. The number of pyridine rings is 1. The fraction of sp³-hybridized carbons (Fsp3) is 0.364. The number of nitrogens with zero attached hydrogens (tertiary/aromatic N) is 2. The quantitative estimate of drug-likeness (QED) is 0.578. The lowest BCUT2D eigenvalue weighted by Gasteiger charge is -2.28. The van der Waals surface area contributed by atoms with Crippen molar-refractivity contribution in [3.05, 3.63) is 41.3 Å². The number of carbonyl (C=O) groups excluding carboxylic acids is 1. The van der Waals surface area contributed by atoms with E-state index in [1.54, 1.807) is 6.92 Å². The molecule has 7 nitrogen and oxygen atoms in total. The first kappa shape index (κ1) is 20.6. The van der Waals surface area contributed by atoms with Gasteiger partial charge in [0, 0.05) is 13.1 Å². The molecule has 0 amide bonds. The van der Waals surface area contributed by atoms with Crippen molar-refractivity contribution in [2.45, 2.75) is 6.92 Å². The number of benzene rings is 1. The third kappa shape index (κ3) is 4.12. The summed E-state index contributed by atoms with van der Waals surface area (Å²) in [5, 5.41) is 10.1. The Morgan fingerprint density at radius 3 is 2.73 bits per heavy atom. The molecule has 1 aliphatic heterocycles. The first-order valence-electron chi connectivity index (χ1n) is 9.99. The number of aliphatic hydroxyl groups excluding tert-OH is 1. The SMILES string of the molecule is CCOC(=O)c1sc2nc(N3CCOCC3)cc(-c3ccccc3)c2c1OCCO. The predicted octanol–water partition coefficient (Wildman–Crippen LogP) is 3.35. The standard InChI is InChI=1S/C22H24N2O5S/c1-2-28-22(26)20-19(29-13-10-25)18-16(15-6-4-3-5-7-15)14-17(23-21(18)30-20)24-8-11-27-12-9-24/h3-7,14,25H,2,8-13H2,1H3. The van der Waals surface area contributed by atoms with Gasteiger partial charge in [-0.25, -0.2) is 9.78 Å². The van der Waals surface area contributed by atoms with Gasteiger partial charge in [0.2, 0.25) is 0 Å². The third-order valence-corrected chi connectivity index (χ3v) is 5.87. The summed E-state index contributed by atoms with van der Waals surface area (Å²) in [6.07, 6.45) is 0. The fourth-order valence-corrected chi connectivity index (χ4v) is 4.51. The van der Waals surface area contributed by atoms with Crippen molar-refractivity contribution >= 4 is 33.3 Å². The molecule has 0 atom stereocenters. The van der Waals surface area contributed by atoms with Crippen molar-refractivity contribution in [3.63, 3.8) is 0 Å². The molecule has 1 aliphatic rings. The van der Waals surface area contributed by atoms with Gasteiger partial charge in [-0.05, 0) is 24.1 Å². The van der Waals surface area contributed by atoms with E-state index in [1.165, 1.54) is 11.3 Å². The Kier molecular flexibility index (Phi) is 6.47. The van der Waals surface area contributed by atoms with Gasteiger partial charge in [-0.3, -0.25) is 0 Å². The molecule has 1 N–H and O–H groups in total. The minimum Gasteiger partial charge on any atom is -0.489 e. The van der Waals surface area contributed by atoms with Crippen LogP contribution in [0.25, 0.3) is 21.3 Å². The van der Waals surface area contributed by atoms with E-state index < -0.39 is 5.97 Å². The molecule has 2 aromatic heterocycles. The van der Waals surface area contributed by atoms with Crippen LogP contribution in [0.2, 0.25) is 0 Å². The van der Waals surface area contributed by atoms with E-state index in [0.29, 0.717) is 28.7 Å². The highest BCUT2D eigenvalue weighted by molar-refractivity contribution is 7.21. The number of hydrogen-bond donors (Lipinski definition) is 1. The zero-order valence-electron chi connectivity index (χ0n) is 16.8. The van der Waals surface area contributed by atoms with Crippen LogP contribution in [-0.2, 0) is 9.47 Å². The Morgan fingerprint density at radius 2 is 2.03 bits per heavy atom. The van der Waals surface area contributed by atoms with E-state index in [9.17, 15) is 9.90 Å². The van der Waals surface area contributed by atoms with Gasteiger partial charge in [0.05, 0.1) is 31.8 Å². The van der Waals surface area contributed by atoms with Gasteiger partial charge in [0.1, 0.15) is 17.3 Å². The molecule has 0 bridgehead atoms. The van der Waals surface area contributed by atoms with E-state index in [4.69, 9.17) is 19.2 Å². The van der Waals surface area contributed by atoms with Crippen molar-refractivity contribution in [2.75, 3.05) is 51.0 Å². The minimum absolute atomic E-state index is 0.0810. The summed E-state index contributed by atoms with van der Waals surface area (Å²) < 4.78 is 16.6. The monoisotopic (exact) mass is 428 g/mol. The van der Waals surface area contributed by atoms with Crippen molar-refractivity contribution < 1.29 is 24.1 Å². The lowest BCUT2D eigenvalue weighted by molar-refractivity contribution is 0.0527. The summed E-state index contributed by atoms with van der Waals surface area (Å²) in [7, 11) is 0. The Labute approximate surface area is 178 Å². The van der Waals surface area contributed by atoms with E-state index in [-0.39, 0.29) is 19.8 Å². The highest BCUT2D eigenvalue weighted by atomic mass is 32.1. The number of carbonyl (C=O) groups is 1. The number of anilines is 1. The Hall–Kier alpha value is -2.68. The van der Waals surface area contributed by atoms with Gasteiger partial charge in [0.25, 0.3) is 0 Å². The Balaban J connectivity index is 1.93. The van der Waals surface area contributed by atoms with Crippen molar-refractivity contribution in [1.82, 2.24) is 4.98 Å². The van der Waals surface area contributed by atoms with Crippen LogP contribution in [0, 0.1) is 0 Å². The van der Waals surface area contributed by atoms with E-state index in [0.717, 1.165) is 35.4 Å². The molecule has 1 aromatic carbocycles. The van der Waals surface area contributed by atoms with Crippen molar-refractivity contribution in [1.29, 1.82) is 0 Å². The largest absolute Gasteiger partial charge is 0.489 e. The number of hydrogen-bond acceptors (Lipinski definition) is 8. The number of esters is 1. The van der Waals surface area contributed by atoms with Crippen LogP contribution in [0.1, 0.15) is 16.6 Å². The average Bonchev–Trinajstić information content (AvgIpc) is 3.17. The van der Waals surface area contributed by atoms with E-state index in [2.05, 4.69) is 4.90 Å². The number of aliphatic hydroxyl groups is 1. The maximum atomic E-state index is 12.6. The number of ether oxygens (including phenoxy) is 3. The lowest BCUT2D eigenvalue weighted by atomic mass is 10.0. The smallest absolute Gasteiger partial charge is 0.352 e. The molecule has 0 spiro atoms. The van der Waals surface area contributed by atoms with Crippen LogP contribution in [0.15, 0.2) is 36.4 Å². The highest BCUT2D eigenvalue weighted by Crippen LogP contribution is 2.44. The maximum absolute atomic E-state index is 12.6. The van der Waals surface area contributed by atoms with Gasteiger partial charge >= 0.3 is 5.97 Å². The van der Waals surface area contributed by atoms with Gasteiger partial charge in [-0.1, -0.05) is 30.3 Å². The van der Waals surface area contributed by atoms with Crippen molar-refractivity contribution in [2.24, 2.45) is 0 Å². The maximum Gasteiger partial charge on any atom is 0.352 e. The molecule has 0 aliphatic carbocycles. The Morgan fingerprint density at radius 1 is 1.27 bits per heavy atom. The minimum atomic E-state index is -0.444. The molecular weight excluding hydrogens is 404 g/mol. The first-order valence-corrected chi connectivity index (χ1v) is 10.8. The second kappa shape index (κ2) is 9.42. The molecule has 158 valence electrons. The van der Waals surface area contributed by atoms with Gasteiger partial charge in [0.15, 0.2) is 10.6 Å². The molecule has 0 saturated carbocycles. The lowest BCUT2D eigenvalue weighted by Crippen LogP contribution is -2.36. The van der Waals surface area contributed by atoms with Crippen LogP contribution in [-0.4, -0.2) is 62.2 Å². The summed E-state index contributed by atoms with van der Waals surface area (Å²) >= 11 is 1.26. The summed E-state index contributed by atoms with van der Waals surface area (Å²) in [5.41, 5.74) is 1.93. The zero-order valence-corrected chi connectivity index (χ0v) is 17.6. The van der Waals surface area contributed by atoms with Gasteiger partial charge in [-0.2, -0.15) is 0 Å². The summed E-state index contributed by atoms with van der Waals surface area (Å²) in [5.74, 6) is 0.817. The summed E-state index contributed by atoms with van der Waals surface area (Å²) in [4.78, 5) is 20.7. The fourth-order valence-electron chi connectivity index (χ4n) is 3.47. The molecule has 0 unspecified atom stereocenters. The second-order valence-electron chi connectivity index (χ2n) is 6.73. The van der Waals surface area contributed by atoms with Gasteiger partial charge < -0.3 is 24.2 Å². The molecule has 3 heterocycles. The van der Waals surface area contributed by atoms with Crippen LogP contribution in [0.3, 0.4) is 0 Å². The van der Waals surface area contributed by atoms with Crippen molar-refractivity contribution in [3.8, 4) is 16.9 Å². The summed E-state index contributed by atoms with van der Waals surface area (Å²) in [6, 6.07) is 12.0. The predicted molar refractivity (Wildman–Crippen MR) is 117 cm³/mol. The molecule has 8 heteroatoms. The van der Waals surface area contributed by atoms with Crippen LogP contribution in [0.4, 0.5) is 5.82 Å². The molecular formula is C22H24N2O5S. The molecule has 3 aromatic rings. The number of morpholine rings is 1. The van der Waals surface area contributed by atoms with E-state index >= 15 is 0 Å². The third-order valence-electron chi connectivity index (χ3n) is 4.82. The molecule has 30 heavy (non-hydrogen) atoms. The van der Waals surface area contributed by atoms with Gasteiger partial charge in [-0.15, -0.1) is 11.3 Å². The number of thiophene rings is 1. The molecule has 1 fully saturated rings. The average molecular weight is 429 g/mol. The molecule has 0 radical (unpaired) electrons. The van der Waals surface area contributed by atoms with E-state index in [1.807, 2.05) is 36.4 Å². The number of aromatic nitrogens is 1. The second-order valence-corrected chi connectivity index (χ2v) is 7.73. The topological polar surface area (TPSA) is 81.1 Å². The number of fused-ring (bicyclic) bond motifs is 1. The number of rotatable bonds is 7. The van der Waals surface area contributed by atoms with Crippen LogP contribution in [0.5, 0.6) is 5.75 Å². The Bertz CT molecular complexity index is 1020. The molecule has 1 saturated heterocycles. The van der Waals surface area contributed by atoms with Crippen LogP contribution < -0.4 is 9.64 Å². The van der Waals surface area contributed by atoms with Crippen LogP contribution >= 0.6 is 11.3 Å². The molecule has 4 rings (SSSR count).